The summed E-state index contributed by atoms with van der Waals surface area (Å²) in [6, 6.07) is 3.16. The first kappa shape index (κ1) is 14.6. The normalized spacial score (nSPS) is 26.3. The van der Waals surface area contributed by atoms with Crippen LogP contribution in [-0.2, 0) is 0 Å². The van der Waals surface area contributed by atoms with Gasteiger partial charge in [0.15, 0.2) is 0 Å². The second-order valence-electron chi connectivity index (χ2n) is 6.34. The Morgan fingerprint density at radius 2 is 2.14 bits per heavy atom. The van der Waals surface area contributed by atoms with Crippen LogP contribution in [0.15, 0.2) is 12.4 Å². The molecule has 0 radical (unpaired) electrons. The van der Waals surface area contributed by atoms with Gasteiger partial charge in [0.2, 0.25) is 5.88 Å². The molecule has 1 aromatic heterocycles. The van der Waals surface area contributed by atoms with Crippen molar-refractivity contribution >= 4 is 5.82 Å². The predicted molar refractivity (Wildman–Crippen MR) is 83.8 cm³/mol. The maximum atomic E-state index is 5.71. The van der Waals surface area contributed by atoms with E-state index >= 15 is 0 Å². The Morgan fingerprint density at radius 1 is 1.24 bits per heavy atom. The first-order chi connectivity index (χ1) is 10.2. The minimum atomic E-state index is 0.140. The van der Waals surface area contributed by atoms with Crippen LogP contribution in [0.1, 0.15) is 46.0 Å². The fourth-order valence-corrected chi connectivity index (χ4v) is 3.49. The van der Waals surface area contributed by atoms with Crippen molar-refractivity contribution in [1.82, 2.24) is 15.3 Å². The summed E-state index contributed by atoms with van der Waals surface area (Å²) in [4.78, 5) is 11.2. The smallest absolute Gasteiger partial charge is 0.218 e. The highest BCUT2D eigenvalue weighted by molar-refractivity contribution is 5.43. The van der Waals surface area contributed by atoms with Crippen molar-refractivity contribution in [3.63, 3.8) is 0 Å². The molecule has 3 rings (SSSR count). The average Bonchev–Trinajstić information content (AvgIpc) is 3.01. The van der Waals surface area contributed by atoms with Crippen LogP contribution in [0.4, 0.5) is 5.82 Å². The first-order valence-corrected chi connectivity index (χ1v) is 8.23. The van der Waals surface area contributed by atoms with E-state index in [0.717, 1.165) is 18.9 Å². The molecule has 2 fully saturated rings. The highest BCUT2D eigenvalue weighted by Crippen LogP contribution is 2.29. The number of nitrogens with one attached hydrogen (secondary N) is 1. The Labute approximate surface area is 127 Å². The lowest BCUT2D eigenvalue weighted by Crippen LogP contribution is -2.50. The lowest BCUT2D eigenvalue weighted by atomic mass is 9.94. The van der Waals surface area contributed by atoms with E-state index in [1.165, 1.54) is 32.1 Å². The van der Waals surface area contributed by atoms with Crippen LogP contribution in [0.25, 0.3) is 0 Å². The highest BCUT2D eigenvalue weighted by atomic mass is 16.5. The van der Waals surface area contributed by atoms with Crippen molar-refractivity contribution < 1.29 is 4.74 Å². The summed E-state index contributed by atoms with van der Waals surface area (Å²) in [5, 5.41) is 3.66. The molecule has 2 unspecified atom stereocenters. The van der Waals surface area contributed by atoms with Crippen molar-refractivity contribution in [1.29, 1.82) is 0 Å². The molecule has 5 nitrogen and oxygen atoms in total. The molecule has 2 aliphatic rings. The number of rotatable bonds is 4. The molecule has 3 heterocycles. The second-order valence-corrected chi connectivity index (χ2v) is 6.34. The standard InChI is InChI=1S/C16H26N4O/c1-12(2)21-16-10-15(18-11-19-16)20-9-4-3-7-14(20)13-6-5-8-17-13/h10-14,17H,3-9H2,1-2H3. The molecule has 0 aliphatic carbocycles. The van der Waals surface area contributed by atoms with Crippen molar-refractivity contribution in [2.24, 2.45) is 0 Å². The summed E-state index contributed by atoms with van der Waals surface area (Å²) in [5.74, 6) is 1.69. The zero-order chi connectivity index (χ0) is 14.7. The average molecular weight is 290 g/mol. The SMILES string of the molecule is CC(C)Oc1cc(N2CCCCC2C2CCCN2)ncn1. The van der Waals surface area contributed by atoms with Crippen molar-refractivity contribution in [3.8, 4) is 5.88 Å². The van der Waals surface area contributed by atoms with E-state index in [2.05, 4.69) is 20.2 Å². The van der Waals surface area contributed by atoms with Gasteiger partial charge in [-0.15, -0.1) is 0 Å². The largest absolute Gasteiger partial charge is 0.475 e. The van der Waals surface area contributed by atoms with Gasteiger partial charge in [-0.3, -0.25) is 0 Å². The van der Waals surface area contributed by atoms with Gasteiger partial charge < -0.3 is 15.0 Å². The Kier molecular flexibility index (Phi) is 4.58. The summed E-state index contributed by atoms with van der Waals surface area (Å²) < 4.78 is 5.71. The summed E-state index contributed by atoms with van der Waals surface area (Å²) >= 11 is 0. The van der Waals surface area contributed by atoms with Crippen LogP contribution in [0.5, 0.6) is 5.88 Å². The van der Waals surface area contributed by atoms with Gasteiger partial charge in [-0.1, -0.05) is 0 Å². The van der Waals surface area contributed by atoms with Crippen molar-refractivity contribution in [2.75, 3.05) is 18.0 Å². The maximum absolute atomic E-state index is 5.71. The van der Waals surface area contributed by atoms with E-state index in [1.54, 1.807) is 6.33 Å². The minimum absolute atomic E-state index is 0.140. The van der Waals surface area contributed by atoms with Gasteiger partial charge in [0.05, 0.1) is 6.10 Å². The van der Waals surface area contributed by atoms with Crippen LogP contribution < -0.4 is 15.0 Å². The molecule has 5 heteroatoms. The molecule has 2 saturated heterocycles. The Hall–Kier alpha value is -1.36. The minimum Gasteiger partial charge on any atom is -0.475 e. The molecule has 21 heavy (non-hydrogen) atoms. The maximum Gasteiger partial charge on any atom is 0.218 e. The van der Waals surface area contributed by atoms with Gasteiger partial charge in [0, 0.05) is 24.7 Å². The predicted octanol–water partition coefficient (Wildman–Crippen LogP) is 2.37. The molecule has 1 aromatic rings. The highest BCUT2D eigenvalue weighted by Gasteiger charge is 2.32. The molecule has 0 aromatic carbocycles. The molecule has 0 spiro atoms. The molecule has 116 valence electrons. The molecule has 0 amide bonds. The van der Waals surface area contributed by atoms with E-state index in [0.29, 0.717) is 18.0 Å². The molecule has 2 atom stereocenters. The Morgan fingerprint density at radius 3 is 2.90 bits per heavy atom. The third kappa shape index (κ3) is 3.46. The van der Waals surface area contributed by atoms with E-state index in [9.17, 15) is 0 Å². The summed E-state index contributed by atoms with van der Waals surface area (Å²) in [6.07, 6.45) is 8.15. The molecular formula is C16H26N4O. The van der Waals surface area contributed by atoms with Crippen LogP contribution in [-0.4, -0.2) is 41.2 Å². The Balaban J connectivity index is 1.79. The molecule has 1 N–H and O–H groups in total. The van der Waals surface area contributed by atoms with Gasteiger partial charge >= 0.3 is 0 Å². The number of hydrogen-bond donors (Lipinski definition) is 1. The quantitative estimate of drug-likeness (QED) is 0.922. The fourth-order valence-electron chi connectivity index (χ4n) is 3.49. The topological polar surface area (TPSA) is 50.3 Å². The van der Waals surface area contributed by atoms with Crippen LogP contribution >= 0.6 is 0 Å². The number of ether oxygens (including phenoxy) is 1. The van der Waals surface area contributed by atoms with Gasteiger partial charge in [-0.2, -0.15) is 0 Å². The van der Waals surface area contributed by atoms with Crippen LogP contribution in [0.3, 0.4) is 0 Å². The second kappa shape index (κ2) is 6.60. The van der Waals surface area contributed by atoms with E-state index < -0.39 is 0 Å². The van der Waals surface area contributed by atoms with Crippen LogP contribution in [0.2, 0.25) is 0 Å². The van der Waals surface area contributed by atoms with Crippen molar-refractivity contribution in [2.45, 2.75) is 64.1 Å². The van der Waals surface area contributed by atoms with Crippen LogP contribution in [0, 0.1) is 0 Å². The third-order valence-electron chi connectivity index (χ3n) is 4.39. The first-order valence-electron chi connectivity index (χ1n) is 8.23. The number of nitrogens with zero attached hydrogens (tertiary/aromatic N) is 3. The Bertz CT molecular complexity index is 459. The van der Waals surface area contributed by atoms with Gasteiger partial charge in [0.25, 0.3) is 0 Å². The number of anilines is 1. The number of hydrogen-bond acceptors (Lipinski definition) is 5. The summed E-state index contributed by atoms with van der Waals surface area (Å²) in [5.41, 5.74) is 0. The molecular weight excluding hydrogens is 264 g/mol. The van der Waals surface area contributed by atoms with Gasteiger partial charge in [-0.25, -0.2) is 9.97 Å². The lowest BCUT2D eigenvalue weighted by Gasteiger charge is -2.40. The lowest BCUT2D eigenvalue weighted by molar-refractivity contribution is 0.232. The monoisotopic (exact) mass is 290 g/mol. The van der Waals surface area contributed by atoms with Gasteiger partial charge in [0.1, 0.15) is 12.1 Å². The zero-order valence-corrected chi connectivity index (χ0v) is 13.1. The van der Waals surface area contributed by atoms with Crippen molar-refractivity contribution in [3.05, 3.63) is 12.4 Å². The van der Waals surface area contributed by atoms with Gasteiger partial charge in [-0.05, 0) is 52.5 Å². The molecule has 0 saturated carbocycles. The zero-order valence-electron chi connectivity index (χ0n) is 13.1. The van der Waals surface area contributed by atoms with E-state index in [1.807, 2.05) is 19.9 Å². The number of aromatic nitrogens is 2. The fraction of sp³-hybridized carbons (Fsp3) is 0.750. The number of piperidine rings is 1. The van der Waals surface area contributed by atoms with E-state index in [-0.39, 0.29) is 6.10 Å². The third-order valence-corrected chi connectivity index (χ3v) is 4.39. The summed E-state index contributed by atoms with van der Waals surface area (Å²) in [6.45, 7) is 6.28. The molecule has 2 aliphatic heterocycles. The summed E-state index contributed by atoms with van der Waals surface area (Å²) in [7, 11) is 0. The molecule has 0 bridgehead atoms. The van der Waals surface area contributed by atoms with E-state index in [4.69, 9.17) is 4.74 Å².